The second-order valence-corrected chi connectivity index (χ2v) is 10.1. The maximum atomic E-state index is 15.6. The maximum absolute atomic E-state index is 15.6. The van der Waals surface area contributed by atoms with Gasteiger partial charge in [0.1, 0.15) is 5.69 Å². The highest BCUT2D eigenvalue weighted by molar-refractivity contribution is 6.07. The van der Waals surface area contributed by atoms with E-state index in [-0.39, 0.29) is 40.9 Å². The van der Waals surface area contributed by atoms with Gasteiger partial charge in [-0.3, -0.25) is 14.5 Å². The Labute approximate surface area is 239 Å². The molecule has 3 aromatic rings. The maximum Gasteiger partial charge on any atom is 0.417 e. The number of carbonyl (C=O) groups excluding carboxylic acids is 2. The molecule has 10 nitrogen and oxygen atoms in total. The summed E-state index contributed by atoms with van der Waals surface area (Å²) in [6.07, 6.45) is -3.31. The van der Waals surface area contributed by atoms with Crippen LogP contribution < -0.4 is 10.2 Å². The lowest BCUT2D eigenvalue weighted by atomic mass is 10.1. The molecule has 2 atom stereocenters. The summed E-state index contributed by atoms with van der Waals surface area (Å²) in [5.41, 5.74) is -2.46. The van der Waals surface area contributed by atoms with Crippen molar-refractivity contribution in [2.24, 2.45) is 0 Å². The predicted molar refractivity (Wildman–Crippen MR) is 145 cm³/mol. The Morgan fingerprint density at radius 1 is 1.05 bits per heavy atom. The van der Waals surface area contributed by atoms with Crippen molar-refractivity contribution < 1.29 is 31.5 Å². The smallest absolute Gasteiger partial charge is 0.367 e. The molecular formula is C27H31F5N8O2. The number of rotatable bonds is 7. The summed E-state index contributed by atoms with van der Waals surface area (Å²) < 4.78 is 71.2. The van der Waals surface area contributed by atoms with Crippen LogP contribution in [0.15, 0.2) is 30.6 Å². The number of pyridine rings is 1. The highest BCUT2D eigenvalue weighted by Gasteiger charge is 2.37. The molecule has 1 aliphatic heterocycles. The molecule has 2 amide bonds. The van der Waals surface area contributed by atoms with Gasteiger partial charge < -0.3 is 15.1 Å². The number of anilines is 2. The average Bonchev–Trinajstić information content (AvgIpc) is 3.42. The zero-order chi connectivity index (χ0) is 30.9. The first-order chi connectivity index (χ1) is 19.7. The lowest BCUT2D eigenvalue weighted by Crippen LogP contribution is -2.55. The third kappa shape index (κ3) is 6.20. The van der Waals surface area contributed by atoms with Crippen LogP contribution in [0, 0.1) is 11.8 Å². The molecule has 0 unspecified atom stereocenters. The second kappa shape index (κ2) is 12.0. The Bertz CT molecular complexity index is 1460. The van der Waals surface area contributed by atoms with Gasteiger partial charge in [0.05, 0.1) is 28.7 Å². The van der Waals surface area contributed by atoms with E-state index in [0.29, 0.717) is 32.4 Å². The first-order valence-corrected chi connectivity index (χ1v) is 13.3. The number of piperazine rings is 1. The molecule has 1 aromatic carbocycles. The van der Waals surface area contributed by atoms with Gasteiger partial charge in [0.25, 0.3) is 11.8 Å². The van der Waals surface area contributed by atoms with Gasteiger partial charge in [-0.25, -0.2) is 14.1 Å². The van der Waals surface area contributed by atoms with E-state index in [1.165, 1.54) is 17.2 Å². The lowest BCUT2D eigenvalue weighted by molar-refractivity contribution is -0.138. The average molecular weight is 595 g/mol. The highest BCUT2D eigenvalue weighted by Crippen LogP contribution is 2.36. The van der Waals surface area contributed by atoms with Crippen LogP contribution in [0.5, 0.6) is 0 Å². The molecule has 42 heavy (non-hydrogen) atoms. The quantitative estimate of drug-likeness (QED) is 0.323. The lowest BCUT2D eigenvalue weighted by Gasteiger charge is -2.44. The molecule has 0 spiro atoms. The number of amides is 2. The fraction of sp³-hybridized carbons (Fsp3) is 0.444. The van der Waals surface area contributed by atoms with E-state index < -0.39 is 40.9 Å². The van der Waals surface area contributed by atoms with Crippen LogP contribution in [0.3, 0.4) is 0 Å². The molecule has 0 aliphatic carbocycles. The third-order valence-corrected chi connectivity index (χ3v) is 7.44. The van der Waals surface area contributed by atoms with Crippen molar-refractivity contribution in [2.75, 3.05) is 43.4 Å². The molecule has 0 bridgehead atoms. The fourth-order valence-corrected chi connectivity index (χ4v) is 4.88. The van der Waals surface area contributed by atoms with Crippen LogP contribution >= 0.6 is 0 Å². The van der Waals surface area contributed by atoms with Gasteiger partial charge >= 0.3 is 6.18 Å². The largest absolute Gasteiger partial charge is 0.417 e. The molecule has 226 valence electrons. The Kier molecular flexibility index (Phi) is 8.80. The summed E-state index contributed by atoms with van der Waals surface area (Å²) in [4.78, 5) is 34.6. The summed E-state index contributed by atoms with van der Waals surface area (Å²) >= 11 is 0. The number of carbonyl (C=O) groups is 2. The summed E-state index contributed by atoms with van der Waals surface area (Å²) in [6.45, 7) is 9.22. The molecule has 2 aromatic heterocycles. The Morgan fingerprint density at radius 3 is 2.29 bits per heavy atom. The van der Waals surface area contributed by atoms with E-state index in [2.05, 4.69) is 25.5 Å². The minimum Gasteiger partial charge on any atom is -0.367 e. The number of aromatic nitrogens is 4. The molecule has 1 fully saturated rings. The van der Waals surface area contributed by atoms with Gasteiger partial charge in [0.15, 0.2) is 11.5 Å². The van der Waals surface area contributed by atoms with Gasteiger partial charge in [-0.1, -0.05) is 5.21 Å². The van der Waals surface area contributed by atoms with Crippen LogP contribution in [0.1, 0.15) is 54.1 Å². The van der Waals surface area contributed by atoms with E-state index in [1.54, 1.807) is 13.8 Å². The van der Waals surface area contributed by atoms with Crippen LogP contribution in [0.2, 0.25) is 0 Å². The number of hydrogen-bond acceptors (Lipinski definition) is 7. The number of nitrogens with one attached hydrogen (secondary N) is 1. The zero-order valence-electron chi connectivity index (χ0n) is 23.7. The number of benzene rings is 1. The molecular weight excluding hydrogens is 563 g/mol. The molecule has 1 N–H and O–H groups in total. The standard InChI is InChI=1S/C27H31F5N8O2/c1-6-38(7-2)26(42)21-14-40(36-35-21)22-10-20(23(9-19(22)28)39-12-15(3)37(5)16(4)13-39)34-25(41)17-11-33-24(29)8-18(17)27(30,31)32/h8-11,14-16H,6-7,12-13H2,1-5H3,(H,34,41)/t15-,16+. The van der Waals surface area contributed by atoms with Crippen molar-refractivity contribution in [3.05, 3.63) is 59.2 Å². The van der Waals surface area contributed by atoms with E-state index in [1.807, 2.05) is 25.8 Å². The summed E-state index contributed by atoms with van der Waals surface area (Å²) in [7, 11) is 1.95. The Hall–Kier alpha value is -4.14. The van der Waals surface area contributed by atoms with Gasteiger partial charge in [0.2, 0.25) is 5.95 Å². The number of hydrogen-bond donors (Lipinski definition) is 1. The van der Waals surface area contributed by atoms with Crippen molar-refractivity contribution in [1.29, 1.82) is 0 Å². The van der Waals surface area contributed by atoms with E-state index in [4.69, 9.17) is 0 Å². The monoisotopic (exact) mass is 594 g/mol. The van der Waals surface area contributed by atoms with Crippen molar-refractivity contribution in [3.63, 3.8) is 0 Å². The molecule has 1 aliphatic rings. The van der Waals surface area contributed by atoms with Gasteiger partial charge in [-0.05, 0) is 40.8 Å². The van der Waals surface area contributed by atoms with Crippen molar-refractivity contribution in [1.82, 2.24) is 29.8 Å². The van der Waals surface area contributed by atoms with Gasteiger partial charge in [-0.2, -0.15) is 17.6 Å². The Morgan fingerprint density at radius 2 is 1.69 bits per heavy atom. The third-order valence-electron chi connectivity index (χ3n) is 7.44. The molecule has 0 saturated carbocycles. The first kappa shape index (κ1) is 30.8. The fourth-order valence-electron chi connectivity index (χ4n) is 4.88. The number of halogens is 5. The topological polar surface area (TPSA) is 99.5 Å². The van der Waals surface area contributed by atoms with Gasteiger partial charge in [0, 0.05) is 56.6 Å². The molecule has 0 radical (unpaired) electrons. The molecule has 4 rings (SSSR count). The predicted octanol–water partition coefficient (Wildman–Crippen LogP) is 4.22. The van der Waals surface area contributed by atoms with Crippen LogP contribution in [0.4, 0.5) is 33.3 Å². The normalized spacial score (nSPS) is 17.8. The number of likely N-dealkylation sites (N-methyl/N-ethyl adjacent to an activating group) is 1. The number of alkyl halides is 3. The van der Waals surface area contributed by atoms with Crippen LogP contribution in [-0.2, 0) is 6.18 Å². The molecule has 1 saturated heterocycles. The first-order valence-electron chi connectivity index (χ1n) is 13.3. The number of nitrogens with zero attached hydrogens (tertiary/aromatic N) is 7. The van der Waals surface area contributed by atoms with Crippen molar-refractivity contribution in [2.45, 2.75) is 46.0 Å². The molecule has 15 heteroatoms. The van der Waals surface area contributed by atoms with Gasteiger partial charge in [-0.15, -0.1) is 5.10 Å². The SMILES string of the molecule is CCN(CC)C(=O)c1cn(-c2cc(NC(=O)c3cnc(F)cc3C(F)(F)F)c(N3C[C@@H](C)N(C)[C@@H](C)C3)cc2F)nn1. The summed E-state index contributed by atoms with van der Waals surface area (Å²) in [5.74, 6) is -3.81. The van der Waals surface area contributed by atoms with Crippen LogP contribution in [-0.4, -0.2) is 86.9 Å². The van der Waals surface area contributed by atoms with E-state index >= 15 is 4.39 Å². The van der Waals surface area contributed by atoms with E-state index in [9.17, 15) is 27.2 Å². The second-order valence-electron chi connectivity index (χ2n) is 10.1. The minimum atomic E-state index is -5.04. The Balaban J connectivity index is 1.79. The summed E-state index contributed by atoms with van der Waals surface area (Å²) in [6, 6.07) is 2.56. The highest BCUT2D eigenvalue weighted by atomic mass is 19.4. The zero-order valence-corrected chi connectivity index (χ0v) is 23.7. The van der Waals surface area contributed by atoms with E-state index in [0.717, 1.165) is 10.7 Å². The van der Waals surface area contributed by atoms with Crippen molar-refractivity contribution >= 4 is 23.2 Å². The molecule has 3 heterocycles. The van der Waals surface area contributed by atoms with Crippen molar-refractivity contribution in [3.8, 4) is 5.69 Å². The summed E-state index contributed by atoms with van der Waals surface area (Å²) in [5, 5.41) is 10.2. The van der Waals surface area contributed by atoms with Crippen LogP contribution in [0.25, 0.3) is 5.69 Å². The minimum absolute atomic E-state index is 0.0232.